The summed E-state index contributed by atoms with van der Waals surface area (Å²) in [5.41, 5.74) is 5.29. The van der Waals surface area contributed by atoms with Gasteiger partial charge < -0.3 is 20.3 Å². The van der Waals surface area contributed by atoms with Crippen LogP contribution >= 0.6 is 0 Å². The Morgan fingerprint density at radius 1 is 1.35 bits per heavy atom. The Bertz CT molecular complexity index is 343. The fourth-order valence-corrected chi connectivity index (χ4v) is 1.85. The Kier molecular flexibility index (Phi) is 5.41. The van der Waals surface area contributed by atoms with Crippen LogP contribution in [-0.2, 0) is 10.3 Å². The summed E-state index contributed by atoms with van der Waals surface area (Å²) in [6.45, 7) is 0.802. The number of aliphatic hydroxyl groups is 1. The molecule has 4 nitrogen and oxygen atoms in total. The van der Waals surface area contributed by atoms with Crippen LogP contribution in [-0.4, -0.2) is 32.5 Å². The summed E-state index contributed by atoms with van der Waals surface area (Å²) in [5.74, 6) is 0.727. The van der Waals surface area contributed by atoms with E-state index in [9.17, 15) is 5.11 Å². The van der Waals surface area contributed by atoms with E-state index in [2.05, 4.69) is 0 Å². The molecular formula is C13H21NO3. The zero-order valence-corrected chi connectivity index (χ0v) is 10.5. The van der Waals surface area contributed by atoms with E-state index < -0.39 is 5.60 Å². The SMILES string of the molecule is COCC(O)(CCCN)c1cccc(OC)c1. The van der Waals surface area contributed by atoms with Crippen molar-refractivity contribution in [2.45, 2.75) is 18.4 Å². The van der Waals surface area contributed by atoms with E-state index in [1.807, 2.05) is 24.3 Å². The second-order valence-electron chi connectivity index (χ2n) is 4.09. The minimum absolute atomic E-state index is 0.250. The smallest absolute Gasteiger partial charge is 0.119 e. The second-order valence-corrected chi connectivity index (χ2v) is 4.09. The van der Waals surface area contributed by atoms with Gasteiger partial charge in [-0.05, 0) is 37.1 Å². The molecule has 0 bridgehead atoms. The molecule has 0 fully saturated rings. The van der Waals surface area contributed by atoms with Crippen LogP contribution in [0.4, 0.5) is 0 Å². The zero-order valence-electron chi connectivity index (χ0n) is 10.5. The number of ether oxygens (including phenoxy) is 2. The number of nitrogens with two attached hydrogens (primary N) is 1. The Morgan fingerprint density at radius 3 is 2.71 bits per heavy atom. The van der Waals surface area contributed by atoms with Crippen molar-refractivity contribution in [3.8, 4) is 5.75 Å². The first-order chi connectivity index (χ1) is 8.16. The molecule has 0 amide bonds. The number of hydrogen-bond donors (Lipinski definition) is 2. The van der Waals surface area contributed by atoms with Crippen molar-refractivity contribution in [1.29, 1.82) is 0 Å². The van der Waals surface area contributed by atoms with Gasteiger partial charge in [0, 0.05) is 7.11 Å². The molecule has 1 aromatic rings. The van der Waals surface area contributed by atoms with Gasteiger partial charge in [0.1, 0.15) is 11.4 Å². The van der Waals surface area contributed by atoms with Gasteiger partial charge in [-0.25, -0.2) is 0 Å². The van der Waals surface area contributed by atoms with Gasteiger partial charge in [-0.3, -0.25) is 0 Å². The van der Waals surface area contributed by atoms with Crippen molar-refractivity contribution in [2.75, 3.05) is 27.4 Å². The largest absolute Gasteiger partial charge is 0.497 e. The number of rotatable bonds is 7. The summed E-state index contributed by atoms with van der Waals surface area (Å²) in [6, 6.07) is 7.41. The molecule has 0 saturated carbocycles. The fraction of sp³-hybridized carbons (Fsp3) is 0.538. The lowest BCUT2D eigenvalue weighted by Gasteiger charge is -2.28. The topological polar surface area (TPSA) is 64.7 Å². The van der Waals surface area contributed by atoms with Crippen molar-refractivity contribution in [1.82, 2.24) is 0 Å². The van der Waals surface area contributed by atoms with Gasteiger partial charge in [-0.2, -0.15) is 0 Å². The summed E-state index contributed by atoms with van der Waals surface area (Å²) in [7, 11) is 3.18. The summed E-state index contributed by atoms with van der Waals surface area (Å²) in [5, 5.41) is 10.6. The average molecular weight is 239 g/mol. The van der Waals surface area contributed by atoms with Crippen molar-refractivity contribution in [2.24, 2.45) is 5.73 Å². The average Bonchev–Trinajstić information content (AvgIpc) is 2.37. The minimum Gasteiger partial charge on any atom is -0.497 e. The van der Waals surface area contributed by atoms with Gasteiger partial charge in [0.25, 0.3) is 0 Å². The molecule has 0 radical (unpaired) electrons. The first-order valence-corrected chi connectivity index (χ1v) is 5.72. The predicted octanol–water partition coefficient (Wildman–Crippen LogP) is 1.27. The third kappa shape index (κ3) is 3.70. The van der Waals surface area contributed by atoms with Crippen LogP contribution in [0.2, 0.25) is 0 Å². The van der Waals surface area contributed by atoms with E-state index in [-0.39, 0.29) is 6.61 Å². The first kappa shape index (κ1) is 14.0. The van der Waals surface area contributed by atoms with E-state index in [0.29, 0.717) is 13.0 Å². The molecule has 0 aliphatic carbocycles. The predicted molar refractivity (Wildman–Crippen MR) is 67.1 cm³/mol. The Labute approximate surface area is 102 Å². The summed E-state index contributed by atoms with van der Waals surface area (Å²) in [6.07, 6.45) is 1.32. The van der Waals surface area contributed by atoms with Crippen LogP contribution in [0.3, 0.4) is 0 Å². The lowest BCUT2D eigenvalue weighted by Crippen LogP contribution is -2.32. The van der Waals surface area contributed by atoms with Crippen molar-refractivity contribution >= 4 is 0 Å². The van der Waals surface area contributed by atoms with Gasteiger partial charge in [-0.1, -0.05) is 12.1 Å². The number of hydrogen-bond acceptors (Lipinski definition) is 4. The maximum absolute atomic E-state index is 10.6. The van der Waals surface area contributed by atoms with Crippen LogP contribution < -0.4 is 10.5 Å². The molecule has 0 aromatic heterocycles. The highest BCUT2D eigenvalue weighted by Gasteiger charge is 2.28. The van der Waals surface area contributed by atoms with Crippen LogP contribution in [0, 0.1) is 0 Å². The van der Waals surface area contributed by atoms with Crippen LogP contribution in [0.1, 0.15) is 18.4 Å². The number of benzene rings is 1. The zero-order chi connectivity index (χ0) is 12.7. The van der Waals surface area contributed by atoms with E-state index >= 15 is 0 Å². The van der Waals surface area contributed by atoms with Gasteiger partial charge in [0.15, 0.2) is 0 Å². The third-order valence-electron chi connectivity index (χ3n) is 2.78. The maximum atomic E-state index is 10.6. The van der Waals surface area contributed by atoms with Crippen LogP contribution in [0.5, 0.6) is 5.75 Å². The van der Waals surface area contributed by atoms with Gasteiger partial charge in [-0.15, -0.1) is 0 Å². The molecule has 4 heteroatoms. The molecule has 0 aliphatic heterocycles. The van der Waals surface area contributed by atoms with E-state index in [0.717, 1.165) is 17.7 Å². The molecule has 1 unspecified atom stereocenters. The van der Waals surface area contributed by atoms with Crippen molar-refractivity contribution in [3.05, 3.63) is 29.8 Å². The summed E-state index contributed by atoms with van der Waals surface area (Å²) < 4.78 is 10.3. The fourth-order valence-electron chi connectivity index (χ4n) is 1.85. The highest BCUT2D eigenvalue weighted by molar-refractivity contribution is 5.32. The standard InChI is InChI=1S/C13H21NO3/c1-16-10-13(15,7-4-8-14)11-5-3-6-12(9-11)17-2/h3,5-6,9,15H,4,7-8,10,14H2,1-2H3. The Balaban J connectivity index is 2.94. The molecule has 0 spiro atoms. The van der Waals surface area contributed by atoms with Gasteiger partial charge >= 0.3 is 0 Å². The molecule has 3 N–H and O–H groups in total. The highest BCUT2D eigenvalue weighted by atomic mass is 16.5. The van der Waals surface area contributed by atoms with Crippen LogP contribution in [0.15, 0.2) is 24.3 Å². The second kappa shape index (κ2) is 6.59. The molecule has 17 heavy (non-hydrogen) atoms. The monoisotopic (exact) mass is 239 g/mol. The quantitative estimate of drug-likeness (QED) is 0.752. The van der Waals surface area contributed by atoms with Gasteiger partial charge in [0.2, 0.25) is 0 Å². The lowest BCUT2D eigenvalue weighted by atomic mass is 9.89. The normalized spacial score (nSPS) is 14.4. The third-order valence-corrected chi connectivity index (χ3v) is 2.78. The van der Waals surface area contributed by atoms with Crippen LogP contribution in [0.25, 0.3) is 0 Å². The molecule has 1 atom stereocenters. The summed E-state index contributed by atoms with van der Waals surface area (Å²) in [4.78, 5) is 0. The lowest BCUT2D eigenvalue weighted by molar-refractivity contribution is -0.0430. The molecular weight excluding hydrogens is 218 g/mol. The molecule has 96 valence electrons. The molecule has 1 rings (SSSR count). The molecule has 0 heterocycles. The van der Waals surface area contributed by atoms with E-state index in [4.69, 9.17) is 15.2 Å². The highest BCUT2D eigenvalue weighted by Crippen LogP contribution is 2.29. The molecule has 0 aliphatic rings. The van der Waals surface area contributed by atoms with E-state index in [1.165, 1.54) is 0 Å². The van der Waals surface area contributed by atoms with Crippen molar-refractivity contribution in [3.63, 3.8) is 0 Å². The van der Waals surface area contributed by atoms with Crippen molar-refractivity contribution < 1.29 is 14.6 Å². The van der Waals surface area contributed by atoms with E-state index in [1.54, 1.807) is 14.2 Å². The molecule has 1 aromatic carbocycles. The minimum atomic E-state index is -0.997. The number of methoxy groups -OCH3 is 2. The molecule has 0 saturated heterocycles. The Morgan fingerprint density at radius 2 is 2.12 bits per heavy atom. The Hall–Kier alpha value is -1.10. The van der Waals surface area contributed by atoms with Gasteiger partial charge in [0.05, 0.1) is 13.7 Å². The summed E-state index contributed by atoms with van der Waals surface area (Å²) >= 11 is 0. The maximum Gasteiger partial charge on any atom is 0.119 e. The first-order valence-electron chi connectivity index (χ1n) is 5.72.